The van der Waals surface area contributed by atoms with E-state index >= 15 is 0 Å². The Labute approximate surface area is 168 Å². The Bertz CT molecular complexity index is 1130. The van der Waals surface area contributed by atoms with E-state index in [1.807, 2.05) is 42.5 Å². The number of hydrogen-bond acceptors (Lipinski definition) is 5. The molecule has 0 saturated heterocycles. The second-order valence-electron chi connectivity index (χ2n) is 6.92. The third-order valence-electron chi connectivity index (χ3n) is 4.83. The number of nitrogens with zero attached hydrogens (tertiary/aromatic N) is 5. The van der Waals surface area contributed by atoms with Crippen molar-refractivity contribution < 1.29 is 9.90 Å². The van der Waals surface area contributed by atoms with Crippen molar-refractivity contribution in [1.29, 1.82) is 0 Å². The molecule has 7 heteroatoms. The Morgan fingerprint density at radius 2 is 1.97 bits per heavy atom. The molecule has 4 aromatic rings. The lowest BCUT2D eigenvalue weighted by molar-refractivity contribution is -0.139. The molecule has 29 heavy (non-hydrogen) atoms. The van der Waals surface area contributed by atoms with Crippen LogP contribution in [0.2, 0.25) is 0 Å². The van der Waals surface area contributed by atoms with Gasteiger partial charge in [0.2, 0.25) is 0 Å². The molecule has 7 nitrogen and oxygen atoms in total. The lowest BCUT2D eigenvalue weighted by Gasteiger charge is -2.12. The summed E-state index contributed by atoms with van der Waals surface area (Å²) < 4.78 is 1.60. The molecule has 0 saturated carbocycles. The Balaban J connectivity index is 1.85. The van der Waals surface area contributed by atoms with Crippen molar-refractivity contribution in [3.05, 3.63) is 77.9 Å². The Morgan fingerprint density at radius 3 is 2.66 bits per heavy atom. The first-order chi connectivity index (χ1) is 14.2. The number of aromatic nitrogens is 5. The van der Waals surface area contributed by atoms with E-state index < -0.39 is 11.9 Å². The van der Waals surface area contributed by atoms with Crippen LogP contribution in [-0.4, -0.2) is 35.9 Å². The molecule has 0 fully saturated rings. The summed E-state index contributed by atoms with van der Waals surface area (Å²) in [5.74, 6) is -1.51. The molecule has 0 aliphatic carbocycles. The van der Waals surface area contributed by atoms with Gasteiger partial charge in [-0.1, -0.05) is 49.7 Å². The number of carboxylic acids is 1. The van der Waals surface area contributed by atoms with Crippen LogP contribution in [0.3, 0.4) is 0 Å². The summed E-state index contributed by atoms with van der Waals surface area (Å²) in [6, 6.07) is 15.5. The van der Waals surface area contributed by atoms with E-state index in [1.54, 1.807) is 23.0 Å². The van der Waals surface area contributed by atoms with Crippen LogP contribution in [0.15, 0.2) is 60.9 Å². The van der Waals surface area contributed by atoms with E-state index in [-0.39, 0.29) is 6.42 Å². The molecular weight excluding hydrogens is 366 g/mol. The van der Waals surface area contributed by atoms with Crippen LogP contribution in [0.4, 0.5) is 0 Å². The van der Waals surface area contributed by atoms with Gasteiger partial charge in [-0.25, -0.2) is 0 Å². The first-order valence-electron chi connectivity index (χ1n) is 9.59. The van der Waals surface area contributed by atoms with Crippen molar-refractivity contribution in [2.24, 2.45) is 0 Å². The van der Waals surface area contributed by atoms with Crippen LogP contribution < -0.4 is 0 Å². The third-order valence-corrected chi connectivity index (χ3v) is 4.83. The standard InChI is InChI=1S/C22H21N5O2/c1-2-7-17-13-19(16-9-4-3-5-10-16)26-27-20(17)24-25-21(27)18(22(28)29)12-15-8-6-11-23-14-15/h3-6,8-11,13-14,18H,2,7,12H2,1H3,(H,28,29). The number of rotatable bonds is 7. The summed E-state index contributed by atoms with van der Waals surface area (Å²) in [6.45, 7) is 2.10. The quantitative estimate of drug-likeness (QED) is 0.521. The van der Waals surface area contributed by atoms with Crippen molar-refractivity contribution in [2.45, 2.75) is 32.1 Å². The molecule has 0 radical (unpaired) electrons. The summed E-state index contributed by atoms with van der Waals surface area (Å²) in [4.78, 5) is 16.2. The predicted octanol–water partition coefficient (Wildman–Crippen LogP) is 3.55. The van der Waals surface area contributed by atoms with Crippen molar-refractivity contribution in [1.82, 2.24) is 24.8 Å². The molecule has 0 aliphatic rings. The van der Waals surface area contributed by atoms with E-state index in [4.69, 9.17) is 5.10 Å². The zero-order chi connectivity index (χ0) is 20.2. The topological polar surface area (TPSA) is 93.3 Å². The van der Waals surface area contributed by atoms with Gasteiger partial charge in [-0.3, -0.25) is 9.78 Å². The molecule has 3 heterocycles. The number of fused-ring (bicyclic) bond motifs is 1. The SMILES string of the molecule is CCCc1cc(-c2ccccc2)nn2c(C(Cc3cccnc3)C(=O)O)nnc12. The fourth-order valence-corrected chi connectivity index (χ4v) is 3.42. The molecular formula is C22H21N5O2. The number of aryl methyl sites for hydroxylation is 1. The lowest BCUT2D eigenvalue weighted by atomic mass is 10.00. The van der Waals surface area contributed by atoms with Crippen LogP contribution in [0.5, 0.6) is 0 Å². The summed E-state index contributed by atoms with van der Waals surface area (Å²) in [7, 11) is 0. The van der Waals surface area contributed by atoms with Crippen LogP contribution in [0.25, 0.3) is 16.9 Å². The van der Waals surface area contributed by atoms with Crippen LogP contribution in [-0.2, 0) is 17.6 Å². The van der Waals surface area contributed by atoms with Crippen molar-refractivity contribution in [3.8, 4) is 11.3 Å². The summed E-state index contributed by atoms with van der Waals surface area (Å²) in [5.41, 5.74) is 4.17. The Kier molecular flexibility index (Phi) is 5.29. The zero-order valence-corrected chi connectivity index (χ0v) is 16.1. The van der Waals surface area contributed by atoms with Gasteiger partial charge in [0.05, 0.1) is 5.69 Å². The monoisotopic (exact) mass is 387 g/mol. The number of carbonyl (C=O) groups is 1. The second kappa shape index (κ2) is 8.18. The normalized spacial score (nSPS) is 12.2. The molecule has 0 aliphatic heterocycles. The van der Waals surface area contributed by atoms with Crippen LogP contribution >= 0.6 is 0 Å². The average Bonchev–Trinajstić information content (AvgIpc) is 3.17. The van der Waals surface area contributed by atoms with E-state index in [0.717, 1.165) is 35.2 Å². The number of benzene rings is 1. The summed E-state index contributed by atoms with van der Waals surface area (Å²) in [5, 5.41) is 23.1. The van der Waals surface area contributed by atoms with Crippen LogP contribution in [0, 0.1) is 0 Å². The number of carboxylic acid groups (broad SMARTS) is 1. The maximum absolute atomic E-state index is 12.1. The maximum Gasteiger partial charge on any atom is 0.314 e. The molecule has 1 unspecified atom stereocenters. The number of pyridine rings is 1. The van der Waals surface area contributed by atoms with Gasteiger partial charge in [-0.15, -0.1) is 10.2 Å². The van der Waals surface area contributed by atoms with Crippen LogP contribution in [0.1, 0.15) is 36.2 Å². The highest BCUT2D eigenvalue weighted by Crippen LogP contribution is 2.25. The minimum atomic E-state index is -0.966. The van der Waals surface area contributed by atoms with Gasteiger partial charge in [-0.2, -0.15) is 9.61 Å². The van der Waals surface area contributed by atoms with Gasteiger partial charge in [0, 0.05) is 23.5 Å². The minimum absolute atomic E-state index is 0.268. The van der Waals surface area contributed by atoms with E-state index in [0.29, 0.717) is 11.5 Å². The number of aliphatic carboxylic acids is 1. The minimum Gasteiger partial charge on any atom is -0.481 e. The fourth-order valence-electron chi connectivity index (χ4n) is 3.42. The largest absolute Gasteiger partial charge is 0.481 e. The first kappa shape index (κ1) is 18.7. The molecule has 1 N–H and O–H groups in total. The molecule has 1 atom stereocenters. The molecule has 0 bridgehead atoms. The van der Waals surface area contributed by atoms with Gasteiger partial charge in [0.1, 0.15) is 5.92 Å². The molecule has 3 aromatic heterocycles. The lowest BCUT2D eigenvalue weighted by Crippen LogP contribution is -2.19. The van der Waals surface area contributed by atoms with E-state index in [2.05, 4.69) is 22.1 Å². The van der Waals surface area contributed by atoms with Gasteiger partial charge in [0.25, 0.3) is 0 Å². The average molecular weight is 387 g/mol. The predicted molar refractivity (Wildman–Crippen MR) is 109 cm³/mol. The Morgan fingerprint density at radius 1 is 1.14 bits per heavy atom. The number of hydrogen-bond donors (Lipinski definition) is 1. The highest BCUT2D eigenvalue weighted by Gasteiger charge is 2.27. The summed E-state index contributed by atoms with van der Waals surface area (Å²) in [6.07, 6.45) is 5.35. The van der Waals surface area contributed by atoms with E-state index in [9.17, 15) is 9.90 Å². The van der Waals surface area contributed by atoms with Gasteiger partial charge in [-0.05, 0) is 30.5 Å². The smallest absolute Gasteiger partial charge is 0.314 e. The summed E-state index contributed by atoms with van der Waals surface area (Å²) >= 11 is 0. The van der Waals surface area contributed by atoms with Gasteiger partial charge in [0.15, 0.2) is 11.5 Å². The molecule has 146 valence electrons. The second-order valence-corrected chi connectivity index (χ2v) is 6.92. The van der Waals surface area contributed by atoms with Crippen molar-refractivity contribution in [3.63, 3.8) is 0 Å². The van der Waals surface area contributed by atoms with Gasteiger partial charge >= 0.3 is 5.97 Å². The molecule has 1 aromatic carbocycles. The Hall–Kier alpha value is -3.61. The van der Waals surface area contributed by atoms with Crippen molar-refractivity contribution in [2.75, 3.05) is 0 Å². The van der Waals surface area contributed by atoms with E-state index in [1.165, 1.54) is 0 Å². The van der Waals surface area contributed by atoms with Gasteiger partial charge < -0.3 is 5.11 Å². The molecule has 4 rings (SSSR count). The maximum atomic E-state index is 12.1. The molecule has 0 amide bonds. The van der Waals surface area contributed by atoms with Crippen molar-refractivity contribution >= 4 is 11.6 Å². The highest BCUT2D eigenvalue weighted by molar-refractivity contribution is 5.76. The fraction of sp³-hybridized carbons (Fsp3) is 0.227. The first-order valence-corrected chi connectivity index (χ1v) is 9.59. The molecule has 0 spiro atoms. The zero-order valence-electron chi connectivity index (χ0n) is 16.1. The highest BCUT2D eigenvalue weighted by atomic mass is 16.4. The third kappa shape index (κ3) is 3.85.